The molecule has 6 atom stereocenters. The van der Waals surface area contributed by atoms with E-state index in [9.17, 15) is 0 Å². The summed E-state index contributed by atoms with van der Waals surface area (Å²) < 4.78 is 2.30. The van der Waals surface area contributed by atoms with Gasteiger partial charge >= 0.3 is 0 Å². The molecule has 0 spiro atoms. The number of nitrogens with zero attached hydrogens (tertiary/aromatic N) is 2. The van der Waals surface area contributed by atoms with Crippen LogP contribution in [-0.2, 0) is 0 Å². The predicted octanol–water partition coefficient (Wildman–Crippen LogP) is 5.77. The normalized spacial score (nSPS) is 47.5. The third-order valence-electron chi connectivity index (χ3n) is 8.91. The van der Waals surface area contributed by atoms with Crippen molar-refractivity contribution in [3.8, 4) is 0 Å². The van der Waals surface area contributed by atoms with Gasteiger partial charge in [0.05, 0.1) is 6.33 Å². The molecule has 2 unspecified atom stereocenters. The minimum absolute atomic E-state index is 0.375. The second-order valence-electron chi connectivity index (χ2n) is 9.65. The Labute approximate surface area is 146 Å². The second-order valence-corrected chi connectivity index (χ2v) is 9.65. The first kappa shape index (κ1) is 15.2. The summed E-state index contributed by atoms with van der Waals surface area (Å²) in [4.78, 5) is 4.30. The van der Waals surface area contributed by atoms with Crippen molar-refractivity contribution in [1.82, 2.24) is 9.55 Å². The van der Waals surface area contributed by atoms with Crippen molar-refractivity contribution < 1.29 is 0 Å². The Bertz CT molecular complexity index is 645. The van der Waals surface area contributed by atoms with Crippen LogP contribution in [0.4, 0.5) is 0 Å². The van der Waals surface area contributed by atoms with Crippen molar-refractivity contribution in [2.24, 2.45) is 34.5 Å². The average Bonchev–Trinajstić information content (AvgIpc) is 3.20. The van der Waals surface area contributed by atoms with Gasteiger partial charge in [0.25, 0.3) is 0 Å². The van der Waals surface area contributed by atoms with Gasteiger partial charge in [0, 0.05) is 23.5 Å². The van der Waals surface area contributed by atoms with Gasteiger partial charge in [0.2, 0.25) is 0 Å². The van der Waals surface area contributed by atoms with Crippen LogP contribution in [0.25, 0.3) is 5.70 Å². The zero-order valence-corrected chi connectivity index (χ0v) is 15.4. The van der Waals surface area contributed by atoms with Gasteiger partial charge in [-0.05, 0) is 74.0 Å². The van der Waals surface area contributed by atoms with Crippen LogP contribution in [0.15, 0.2) is 24.8 Å². The van der Waals surface area contributed by atoms with Crippen LogP contribution in [0.1, 0.15) is 71.6 Å². The molecule has 130 valence electrons. The fraction of sp³-hybridized carbons (Fsp3) is 0.773. The van der Waals surface area contributed by atoms with E-state index in [-0.39, 0.29) is 0 Å². The Morgan fingerprint density at radius 3 is 2.79 bits per heavy atom. The zero-order valence-electron chi connectivity index (χ0n) is 15.4. The maximum absolute atomic E-state index is 4.30. The number of rotatable bonds is 1. The maximum Gasteiger partial charge on any atom is 0.0989 e. The monoisotopic (exact) mass is 324 g/mol. The minimum Gasteiger partial charge on any atom is -0.310 e. The smallest absolute Gasteiger partial charge is 0.0989 e. The molecule has 0 saturated heterocycles. The van der Waals surface area contributed by atoms with E-state index in [4.69, 9.17) is 0 Å². The lowest BCUT2D eigenvalue weighted by Gasteiger charge is -2.60. The second kappa shape index (κ2) is 5.22. The van der Waals surface area contributed by atoms with Crippen LogP contribution in [0.3, 0.4) is 0 Å². The topological polar surface area (TPSA) is 17.8 Å². The Balaban J connectivity index is 1.46. The Kier molecular flexibility index (Phi) is 3.31. The number of aromatic nitrogens is 2. The van der Waals surface area contributed by atoms with E-state index in [0.717, 1.165) is 23.7 Å². The van der Waals surface area contributed by atoms with Crippen molar-refractivity contribution in [1.29, 1.82) is 0 Å². The number of fused-ring (bicyclic) bond motifs is 5. The van der Waals surface area contributed by atoms with Gasteiger partial charge in [-0.25, -0.2) is 4.98 Å². The first-order valence-corrected chi connectivity index (χ1v) is 10.3. The summed E-state index contributed by atoms with van der Waals surface area (Å²) in [5.74, 6) is 3.85. The van der Waals surface area contributed by atoms with Crippen LogP contribution in [0.2, 0.25) is 0 Å². The van der Waals surface area contributed by atoms with Gasteiger partial charge in [0.1, 0.15) is 0 Å². The molecular formula is C22H32N2. The van der Waals surface area contributed by atoms with E-state index in [2.05, 4.69) is 35.7 Å². The molecule has 0 aliphatic heterocycles. The molecule has 1 aromatic rings. The van der Waals surface area contributed by atoms with Crippen molar-refractivity contribution in [3.05, 3.63) is 24.8 Å². The molecule has 3 saturated carbocycles. The number of hydrogen-bond acceptors (Lipinski definition) is 1. The summed E-state index contributed by atoms with van der Waals surface area (Å²) in [7, 11) is 0. The lowest BCUT2D eigenvalue weighted by Crippen LogP contribution is -2.52. The summed E-state index contributed by atoms with van der Waals surface area (Å²) in [6.45, 7) is 5.23. The molecule has 3 fully saturated rings. The van der Waals surface area contributed by atoms with Crippen molar-refractivity contribution >= 4 is 5.70 Å². The fourth-order valence-electron chi connectivity index (χ4n) is 7.64. The van der Waals surface area contributed by atoms with Crippen LogP contribution in [0, 0.1) is 34.5 Å². The van der Waals surface area contributed by atoms with E-state index < -0.39 is 0 Å². The molecule has 0 N–H and O–H groups in total. The summed E-state index contributed by atoms with van der Waals surface area (Å²) in [5, 5.41) is 0. The molecule has 2 nitrogen and oxygen atoms in total. The third-order valence-corrected chi connectivity index (χ3v) is 8.91. The molecule has 4 aliphatic rings. The summed E-state index contributed by atoms with van der Waals surface area (Å²) in [5.41, 5.74) is 2.57. The number of hydrogen-bond donors (Lipinski definition) is 0. The molecule has 1 aromatic heterocycles. The summed E-state index contributed by atoms with van der Waals surface area (Å²) in [6, 6.07) is 0. The molecular weight excluding hydrogens is 292 g/mol. The highest BCUT2D eigenvalue weighted by Crippen LogP contribution is 2.66. The Morgan fingerprint density at radius 1 is 1.04 bits per heavy atom. The zero-order chi connectivity index (χ0) is 16.4. The van der Waals surface area contributed by atoms with Gasteiger partial charge in [-0.15, -0.1) is 0 Å². The molecule has 2 heteroatoms. The van der Waals surface area contributed by atoms with Crippen molar-refractivity contribution in [3.63, 3.8) is 0 Å². The van der Waals surface area contributed by atoms with Gasteiger partial charge in [-0.2, -0.15) is 0 Å². The van der Waals surface area contributed by atoms with E-state index >= 15 is 0 Å². The lowest BCUT2D eigenvalue weighted by atomic mass is 9.45. The van der Waals surface area contributed by atoms with Crippen LogP contribution < -0.4 is 0 Å². The molecule has 5 rings (SSSR count). The Hall–Kier alpha value is -1.05. The molecule has 1 heterocycles. The van der Waals surface area contributed by atoms with Crippen LogP contribution >= 0.6 is 0 Å². The fourth-order valence-corrected chi connectivity index (χ4v) is 7.64. The van der Waals surface area contributed by atoms with Crippen LogP contribution in [-0.4, -0.2) is 9.55 Å². The highest BCUT2D eigenvalue weighted by Gasteiger charge is 2.58. The highest BCUT2D eigenvalue weighted by atomic mass is 15.1. The predicted molar refractivity (Wildman–Crippen MR) is 98.2 cm³/mol. The SMILES string of the molecule is C[C@]12CCCCC1CC[C@H]1C3CC=C(n4ccnc4)[C@@]3(C)CC[C@@H]12. The summed E-state index contributed by atoms with van der Waals surface area (Å²) in [6.07, 6.45) is 21.7. The average molecular weight is 325 g/mol. The van der Waals surface area contributed by atoms with Gasteiger partial charge in [-0.3, -0.25) is 0 Å². The molecule has 0 radical (unpaired) electrons. The first-order valence-electron chi connectivity index (χ1n) is 10.3. The first-order chi connectivity index (χ1) is 11.6. The van der Waals surface area contributed by atoms with Gasteiger partial charge in [0.15, 0.2) is 0 Å². The van der Waals surface area contributed by atoms with Crippen molar-refractivity contribution in [2.75, 3.05) is 0 Å². The standard InChI is InChI=1S/C22H32N2/c1-21-11-4-3-5-16(21)6-7-17-18-8-9-20(24-14-13-23-15-24)22(18,2)12-10-19(17)21/h9,13-19H,3-8,10-12H2,1-2H3/t16?,17-,18?,19-,21-,22-/m0/s1. The third kappa shape index (κ3) is 1.92. The van der Waals surface area contributed by atoms with Crippen LogP contribution in [0.5, 0.6) is 0 Å². The molecule has 4 aliphatic carbocycles. The van der Waals surface area contributed by atoms with E-state index in [1.165, 1.54) is 57.8 Å². The van der Waals surface area contributed by atoms with E-state index in [1.54, 1.807) is 5.70 Å². The Morgan fingerprint density at radius 2 is 1.96 bits per heavy atom. The molecule has 24 heavy (non-hydrogen) atoms. The van der Waals surface area contributed by atoms with E-state index in [0.29, 0.717) is 10.8 Å². The van der Waals surface area contributed by atoms with Gasteiger partial charge < -0.3 is 4.57 Å². The molecule has 0 bridgehead atoms. The quantitative estimate of drug-likeness (QED) is 0.641. The minimum atomic E-state index is 0.375. The van der Waals surface area contributed by atoms with Crippen molar-refractivity contribution in [2.45, 2.75) is 71.6 Å². The largest absolute Gasteiger partial charge is 0.310 e. The van der Waals surface area contributed by atoms with E-state index in [1.807, 2.05) is 12.5 Å². The summed E-state index contributed by atoms with van der Waals surface area (Å²) >= 11 is 0. The number of allylic oxidation sites excluding steroid dienone is 2. The number of imidazole rings is 1. The molecule has 0 amide bonds. The molecule has 0 aromatic carbocycles. The highest BCUT2D eigenvalue weighted by molar-refractivity contribution is 5.56. The lowest BCUT2D eigenvalue weighted by molar-refractivity contribution is -0.0960. The van der Waals surface area contributed by atoms with Gasteiger partial charge in [-0.1, -0.05) is 32.8 Å². The maximum atomic E-state index is 4.30.